The lowest BCUT2D eigenvalue weighted by Gasteiger charge is -2.12. The summed E-state index contributed by atoms with van der Waals surface area (Å²) in [6.07, 6.45) is 0. The third-order valence-electron chi connectivity index (χ3n) is 3.75. The van der Waals surface area contributed by atoms with E-state index in [1.165, 1.54) is 23.7 Å². The monoisotopic (exact) mass is 361 g/mol. The van der Waals surface area contributed by atoms with Crippen LogP contribution in [0.2, 0.25) is 5.02 Å². The smallest absolute Gasteiger partial charge is 0.324 e. The molecule has 6 nitrogen and oxygen atoms in total. The normalized spacial score (nSPS) is 10.8. The van der Waals surface area contributed by atoms with Gasteiger partial charge in [0.05, 0.1) is 15.9 Å². The average molecular weight is 362 g/mol. The van der Waals surface area contributed by atoms with Crippen LogP contribution in [0.25, 0.3) is 10.9 Å². The summed E-state index contributed by atoms with van der Waals surface area (Å²) >= 11 is 5.68. The van der Waals surface area contributed by atoms with Gasteiger partial charge in [0, 0.05) is 12.7 Å². The first-order valence-electron chi connectivity index (χ1n) is 7.32. The van der Waals surface area contributed by atoms with E-state index < -0.39 is 23.0 Å². The van der Waals surface area contributed by atoms with Crippen molar-refractivity contribution in [2.75, 3.05) is 5.32 Å². The molecule has 0 saturated heterocycles. The summed E-state index contributed by atoms with van der Waals surface area (Å²) in [5, 5.41) is 2.76. The zero-order valence-corrected chi connectivity index (χ0v) is 13.9. The largest absolute Gasteiger partial charge is 0.331 e. The fourth-order valence-corrected chi connectivity index (χ4v) is 2.69. The highest BCUT2D eigenvalue weighted by Gasteiger charge is 2.13. The molecule has 1 heterocycles. The molecule has 25 heavy (non-hydrogen) atoms. The van der Waals surface area contributed by atoms with E-state index in [9.17, 15) is 18.8 Å². The number of para-hydroxylation sites is 1. The molecule has 0 aliphatic carbocycles. The second kappa shape index (κ2) is 6.52. The van der Waals surface area contributed by atoms with Crippen LogP contribution in [0.4, 0.5) is 10.1 Å². The van der Waals surface area contributed by atoms with Crippen molar-refractivity contribution in [2.45, 2.75) is 6.54 Å². The van der Waals surface area contributed by atoms with Gasteiger partial charge in [-0.05, 0) is 30.3 Å². The maximum atomic E-state index is 13.2. The van der Waals surface area contributed by atoms with E-state index in [0.717, 1.165) is 10.6 Å². The lowest BCUT2D eigenvalue weighted by Crippen LogP contribution is -2.40. The fraction of sp³-hybridized carbons (Fsp3) is 0.118. The molecule has 3 rings (SSSR count). The Labute approximate surface area is 146 Å². The van der Waals surface area contributed by atoms with Gasteiger partial charge < -0.3 is 5.32 Å². The number of aromatic nitrogens is 2. The molecule has 0 bridgehead atoms. The molecule has 0 atom stereocenters. The second-order valence-corrected chi connectivity index (χ2v) is 5.83. The van der Waals surface area contributed by atoms with Gasteiger partial charge >= 0.3 is 5.69 Å². The van der Waals surface area contributed by atoms with Gasteiger partial charge in [0.25, 0.3) is 5.56 Å². The number of rotatable bonds is 3. The second-order valence-electron chi connectivity index (χ2n) is 5.43. The molecule has 2 aromatic carbocycles. The molecule has 0 unspecified atom stereocenters. The fourth-order valence-electron chi connectivity index (χ4n) is 2.51. The molecule has 128 valence electrons. The Morgan fingerprint density at radius 3 is 2.64 bits per heavy atom. The lowest BCUT2D eigenvalue weighted by atomic mass is 10.2. The summed E-state index contributed by atoms with van der Waals surface area (Å²) < 4.78 is 15.3. The van der Waals surface area contributed by atoms with E-state index in [0.29, 0.717) is 16.6 Å². The summed E-state index contributed by atoms with van der Waals surface area (Å²) in [6, 6.07) is 10.3. The van der Waals surface area contributed by atoms with Crippen LogP contribution >= 0.6 is 11.6 Å². The number of benzene rings is 2. The molecular formula is C17H13ClFN3O3. The van der Waals surface area contributed by atoms with Crippen LogP contribution < -0.4 is 16.6 Å². The number of amides is 1. The molecular weight excluding hydrogens is 349 g/mol. The molecule has 0 aliphatic rings. The van der Waals surface area contributed by atoms with E-state index in [2.05, 4.69) is 5.32 Å². The van der Waals surface area contributed by atoms with Crippen LogP contribution in [0.15, 0.2) is 52.1 Å². The summed E-state index contributed by atoms with van der Waals surface area (Å²) in [6.45, 7) is -0.303. The predicted molar refractivity (Wildman–Crippen MR) is 93.5 cm³/mol. The highest BCUT2D eigenvalue weighted by Crippen LogP contribution is 2.19. The van der Waals surface area contributed by atoms with Gasteiger partial charge in [-0.3, -0.25) is 18.7 Å². The van der Waals surface area contributed by atoms with Crippen LogP contribution in [0.1, 0.15) is 0 Å². The quantitative estimate of drug-likeness (QED) is 0.776. The number of halogens is 2. The van der Waals surface area contributed by atoms with E-state index in [1.54, 1.807) is 24.3 Å². The van der Waals surface area contributed by atoms with Crippen molar-refractivity contribution >= 4 is 34.1 Å². The van der Waals surface area contributed by atoms with Crippen molar-refractivity contribution in [3.63, 3.8) is 0 Å². The Morgan fingerprint density at radius 1 is 1.20 bits per heavy atom. The summed E-state index contributed by atoms with van der Waals surface area (Å²) in [7, 11) is 1.35. The number of anilines is 1. The van der Waals surface area contributed by atoms with E-state index in [1.807, 2.05) is 0 Å². The van der Waals surface area contributed by atoms with Crippen molar-refractivity contribution < 1.29 is 9.18 Å². The first-order valence-corrected chi connectivity index (χ1v) is 7.70. The van der Waals surface area contributed by atoms with Crippen LogP contribution in [0.5, 0.6) is 0 Å². The van der Waals surface area contributed by atoms with Gasteiger partial charge in [0.15, 0.2) is 0 Å². The number of hydrogen-bond donors (Lipinski definition) is 1. The van der Waals surface area contributed by atoms with Gasteiger partial charge in [0.1, 0.15) is 12.4 Å². The Bertz CT molecular complexity index is 1100. The maximum Gasteiger partial charge on any atom is 0.331 e. The molecule has 0 aliphatic heterocycles. The highest BCUT2D eigenvalue weighted by molar-refractivity contribution is 6.31. The lowest BCUT2D eigenvalue weighted by molar-refractivity contribution is -0.116. The SMILES string of the molecule is Cn1c(=O)c2ccccc2n(CC(=O)Nc2ccc(F)c(Cl)c2)c1=O. The molecule has 1 amide bonds. The van der Waals surface area contributed by atoms with Crippen LogP contribution in [0, 0.1) is 5.82 Å². The summed E-state index contributed by atoms with van der Waals surface area (Å²) in [5.74, 6) is -1.10. The predicted octanol–water partition coefficient (Wildman–Crippen LogP) is 2.13. The zero-order chi connectivity index (χ0) is 18.1. The van der Waals surface area contributed by atoms with E-state index in [-0.39, 0.29) is 11.6 Å². The molecule has 0 saturated carbocycles. The van der Waals surface area contributed by atoms with Gasteiger partial charge in [-0.1, -0.05) is 23.7 Å². The molecule has 0 spiro atoms. The van der Waals surface area contributed by atoms with Gasteiger partial charge in [-0.25, -0.2) is 9.18 Å². The Hall–Kier alpha value is -2.93. The number of nitrogens with zero attached hydrogens (tertiary/aromatic N) is 2. The first-order chi connectivity index (χ1) is 11.9. The van der Waals surface area contributed by atoms with Gasteiger partial charge in [0.2, 0.25) is 5.91 Å². The third kappa shape index (κ3) is 3.18. The Morgan fingerprint density at radius 2 is 1.92 bits per heavy atom. The van der Waals surface area contributed by atoms with Crippen molar-refractivity contribution in [3.05, 3.63) is 74.1 Å². The van der Waals surface area contributed by atoms with Crippen molar-refractivity contribution in [3.8, 4) is 0 Å². The molecule has 0 fully saturated rings. The molecule has 8 heteroatoms. The summed E-state index contributed by atoms with van der Waals surface area (Å²) in [5.41, 5.74) is -0.361. The number of carbonyl (C=O) groups is 1. The Balaban J connectivity index is 1.97. The number of hydrogen-bond acceptors (Lipinski definition) is 3. The highest BCUT2D eigenvalue weighted by atomic mass is 35.5. The van der Waals surface area contributed by atoms with Gasteiger partial charge in [-0.2, -0.15) is 0 Å². The minimum atomic E-state index is -0.601. The third-order valence-corrected chi connectivity index (χ3v) is 4.04. The molecule has 3 aromatic rings. The molecule has 1 N–H and O–H groups in total. The minimum Gasteiger partial charge on any atom is -0.324 e. The van der Waals surface area contributed by atoms with Crippen LogP contribution in [-0.2, 0) is 18.4 Å². The average Bonchev–Trinajstić information content (AvgIpc) is 2.60. The van der Waals surface area contributed by atoms with Crippen LogP contribution in [0.3, 0.4) is 0 Å². The maximum absolute atomic E-state index is 13.2. The van der Waals surface area contributed by atoms with E-state index in [4.69, 9.17) is 11.6 Å². The molecule has 0 radical (unpaired) electrons. The number of nitrogens with one attached hydrogen (secondary N) is 1. The Kier molecular flexibility index (Phi) is 4.41. The van der Waals surface area contributed by atoms with Crippen molar-refractivity contribution in [2.24, 2.45) is 7.05 Å². The topological polar surface area (TPSA) is 73.1 Å². The minimum absolute atomic E-state index is 0.123. The van der Waals surface area contributed by atoms with E-state index >= 15 is 0 Å². The van der Waals surface area contributed by atoms with Crippen molar-refractivity contribution in [1.29, 1.82) is 0 Å². The van der Waals surface area contributed by atoms with Gasteiger partial charge in [-0.15, -0.1) is 0 Å². The zero-order valence-electron chi connectivity index (χ0n) is 13.1. The number of carbonyl (C=O) groups excluding carboxylic acids is 1. The first kappa shape index (κ1) is 16.9. The van der Waals surface area contributed by atoms with Crippen LogP contribution in [-0.4, -0.2) is 15.0 Å². The standard InChI is InChI=1S/C17H13ClFN3O3/c1-21-16(24)11-4-2-3-5-14(11)22(17(21)25)9-15(23)20-10-6-7-13(19)12(18)8-10/h2-8H,9H2,1H3,(H,20,23). The molecule has 1 aromatic heterocycles. The number of fused-ring (bicyclic) bond motifs is 1. The summed E-state index contributed by atoms with van der Waals surface area (Å²) in [4.78, 5) is 36.8. The van der Waals surface area contributed by atoms with Crippen molar-refractivity contribution in [1.82, 2.24) is 9.13 Å².